The lowest BCUT2D eigenvalue weighted by molar-refractivity contribution is 0.354. The van der Waals surface area contributed by atoms with Gasteiger partial charge in [-0.2, -0.15) is 0 Å². The van der Waals surface area contributed by atoms with E-state index in [0.717, 1.165) is 23.6 Å². The zero-order valence-electron chi connectivity index (χ0n) is 12.8. The van der Waals surface area contributed by atoms with Crippen LogP contribution in [0.1, 0.15) is 33.3 Å². The fourth-order valence-corrected chi connectivity index (χ4v) is 1.75. The monoisotopic (exact) mass is 263 g/mol. The second-order valence-electron chi connectivity index (χ2n) is 5.68. The SMILES string of the molecule is COc1cccc(C=C(C)CNC(C)(C)C)c1OC. The molecule has 0 unspecified atom stereocenters. The molecule has 0 aliphatic heterocycles. The van der Waals surface area contributed by atoms with Crippen LogP contribution < -0.4 is 14.8 Å². The minimum atomic E-state index is 0.119. The Bertz CT molecular complexity index is 445. The predicted molar refractivity (Wildman–Crippen MR) is 81.0 cm³/mol. The Labute approximate surface area is 116 Å². The molecule has 1 aromatic carbocycles. The normalized spacial score (nSPS) is 12.4. The van der Waals surface area contributed by atoms with Gasteiger partial charge in [-0.15, -0.1) is 0 Å². The summed E-state index contributed by atoms with van der Waals surface area (Å²) in [6.45, 7) is 9.44. The number of para-hydroxylation sites is 1. The van der Waals surface area contributed by atoms with Crippen LogP contribution in [0.25, 0.3) is 6.08 Å². The lowest BCUT2D eigenvalue weighted by atomic mass is 10.1. The molecule has 0 radical (unpaired) electrons. The van der Waals surface area contributed by atoms with Crippen LogP contribution in [-0.2, 0) is 0 Å². The maximum absolute atomic E-state index is 5.42. The van der Waals surface area contributed by atoms with E-state index in [1.807, 2.05) is 18.2 Å². The summed E-state index contributed by atoms with van der Waals surface area (Å²) in [5.74, 6) is 1.54. The third-order valence-electron chi connectivity index (χ3n) is 2.73. The van der Waals surface area contributed by atoms with Crippen molar-refractivity contribution in [3.63, 3.8) is 0 Å². The molecule has 0 atom stereocenters. The van der Waals surface area contributed by atoms with Gasteiger partial charge < -0.3 is 14.8 Å². The second kappa shape index (κ2) is 6.62. The molecule has 3 heteroatoms. The molecule has 1 aromatic rings. The maximum atomic E-state index is 5.42. The van der Waals surface area contributed by atoms with Gasteiger partial charge in [0.15, 0.2) is 11.5 Å². The number of rotatable bonds is 5. The summed E-state index contributed by atoms with van der Waals surface area (Å²) in [6, 6.07) is 5.90. The number of ether oxygens (including phenoxy) is 2. The molecule has 1 rings (SSSR count). The summed E-state index contributed by atoms with van der Waals surface area (Å²) in [6.07, 6.45) is 2.13. The minimum absolute atomic E-state index is 0.119. The Morgan fingerprint density at radius 1 is 1.21 bits per heavy atom. The first-order valence-electron chi connectivity index (χ1n) is 6.50. The van der Waals surface area contributed by atoms with Crippen LogP contribution in [0, 0.1) is 0 Å². The maximum Gasteiger partial charge on any atom is 0.167 e. The topological polar surface area (TPSA) is 30.5 Å². The van der Waals surface area contributed by atoms with Crippen molar-refractivity contribution >= 4 is 6.08 Å². The molecule has 0 aliphatic carbocycles. The van der Waals surface area contributed by atoms with E-state index >= 15 is 0 Å². The molecule has 0 fully saturated rings. The standard InChI is InChI=1S/C16H25NO2/c1-12(11-17-16(2,3)4)10-13-8-7-9-14(18-5)15(13)19-6/h7-10,17H,11H2,1-6H3. The van der Waals surface area contributed by atoms with Crippen molar-refractivity contribution in [2.24, 2.45) is 0 Å². The van der Waals surface area contributed by atoms with Gasteiger partial charge in [-0.1, -0.05) is 23.8 Å². The first kappa shape index (κ1) is 15.6. The quantitative estimate of drug-likeness (QED) is 0.882. The predicted octanol–water partition coefficient (Wildman–Crippen LogP) is 3.50. The summed E-state index contributed by atoms with van der Waals surface area (Å²) in [5, 5.41) is 3.47. The van der Waals surface area contributed by atoms with E-state index in [1.54, 1.807) is 14.2 Å². The van der Waals surface area contributed by atoms with Crippen LogP contribution in [0.2, 0.25) is 0 Å². The second-order valence-corrected chi connectivity index (χ2v) is 5.68. The minimum Gasteiger partial charge on any atom is -0.493 e. The number of hydrogen-bond acceptors (Lipinski definition) is 3. The Kier molecular flexibility index (Phi) is 5.43. The molecule has 0 saturated carbocycles. The number of hydrogen-bond donors (Lipinski definition) is 1. The van der Waals surface area contributed by atoms with Gasteiger partial charge in [0.2, 0.25) is 0 Å². The molecule has 3 nitrogen and oxygen atoms in total. The van der Waals surface area contributed by atoms with E-state index in [-0.39, 0.29) is 5.54 Å². The molecular formula is C16H25NO2. The zero-order valence-corrected chi connectivity index (χ0v) is 12.8. The van der Waals surface area contributed by atoms with E-state index in [2.05, 4.69) is 39.1 Å². The summed E-state index contributed by atoms with van der Waals surface area (Å²) in [7, 11) is 3.32. The molecule has 1 N–H and O–H groups in total. The Hall–Kier alpha value is -1.48. The van der Waals surface area contributed by atoms with Crippen LogP contribution in [0.4, 0.5) is 0 Å². The van der Waals surface area contributed by atoms with Gasteiger partial charge in [-0.3, -0.25) is 0 Å². The number of methoxy groups -OCH3 is 2. The summed E-state index contributed by atoms with van der Waals surface area (Å²) < 4.78 is 10.7. The van der Waals surface area contributed by atoms with Crippen molar-refractivity contribution < 1.29 is 9.47 Å². The Balaban J connectivity index is 2.91. The highest BCUT2D eigenvalue weighted by molar-refractivity contribution is 5.64. The average Bonchev–Trinajstić information content (AvgIpc) is 2.35. The molecule has 0 aliphatic rings. The van der Waals surface area contributed by atoms with Gasteiger partial charge in [0.1, 0.15) is 0 Å². The largest absolute Gasteiger partial charge is 0.493 e. The van der Waals surface area contributed by atoms with Crippen molar-refractivity contribution in [2.75, 3.05) is 20.8 Å². The molecule has 0 aromatic heterocycles. The third kappa shape index (κ3) is 4.95. The fourth-order valence-electron chi connectivity index (χ4n) is 1.75. The molecule has 0 heterocycles. The lowest BCUT2D eigenvalue weighted by Crippen LogP contribution is -2.36. The van der Waals surface area contributed by atoms with Crippen LogP contribution in [0.3, 0.4) is 0 Å². The average molecular weight is 263 g/mol. The van der Waals surface area contributed by atoms with E-state index in [0.29, 0.717) is 0 Å². The highest BCUT2D eigenvalue weighted by Gasteiger charge is 2.10. The number of benzene rings is 1. The van der Waals surface area contributed by atoms with E-state index in [1.165, 1.54) is 5.57 Å². The van der Waals surface area contributed by atoms with Crippen LogP contribution in [0.15, 0.2) is 23.8 Å². The first-order chi connectivity index (χ1) is 8.87. The van der Waals surface area contributed by atoms with Gasteiger partial charge in [0.05, 0.1) is 14.2 Å². The smallest absolute Gasteiger partial charge is 0.167 e. The van der Waals surface area contributed by atoms with E-state index in [9.17, 15) is 0 Å². The summed E-state index contributed by atoms with van der Waals surface area (Å²) in [4.78, 5) is 0. The van der Waals surface area contributed by atoms with Gasteiger partial charge in [-0.05, 0) is 33.8 Å². The van der Waals surface area contributed by atoms with Crippen molar-refractivity contribution in [2.45, 2.75) is 33.2 Å². The number of nitrogens with one attached hydrogen (secondary N) is 1. The van der Waals surface area contributed by atoms with Crippen LogP contribution >= 0.6 is 0 Å². The zero-order chi connectivity index (χ0) is 14.5. The Morgan fingerprint density at radius 3 is 2.42 bits per heavy atom. The summed E-state index contributed by atoms with van der Waals surface area (Å²) in [5.41, 5.74) is 2.41. The van der Waals surface area contributed by atoms with Crippen LogP contribution in [-0.4, -0.2) is 26.3 Å². The van der Waals surface area contributed by atoms with Crippen LogP contribution in [0.5, 0.6) is 11.5 Å². The first-order valence-corrected chi connectivity index (χ1v) is 6.50. The van der Waals surface area contributed by atoms with Crippen molar-refractivity contribution in [3.05, 3.63) is 29.3 Å². The third-order valence-corrected chi connectivity index (χ3v) is 2.73. The van der Waals surface area contributed by atoms with E-state index < -0.39 is 0 Å². The highest BCUT2D eigenvalue weighted by Crippen LogP contribution is 2.32. The molecule has 106 valence electrons. The van der Waals surface area contributed by atoms with E-state index in [4.69, 9.17) is 9.47 Å². The Morgan fingerprint density at radius 2 is 1.89 bits per heavy atom. The molecule has 0 bridgehead atoms. The van der Waals surface area contributed by atoms with Crippen molar-refractivity contribution in [3.8, 4) is 11.5 Å². The van der Waals surface area contributed by atoms with Crippen molar-refractivity contribution in [1.29, 1.82) is 0 Å². The van der Waals surface area contributed by atoms with Crippen molar-refractivity contribution in [1.82, 2.24) is 5.32 Å². The van der Waals surface area contributed by atoms with Gasteiger partial charge in [0.25, 0.3) is 0 Å². The molecule has 19 heavy (non-hydrogen) atoms. The van der Waals surface area contributed by atoms with Gasteiger partial charge >= 0.3 is 0 Å². The van der Waals surface area contributed by atoms with Gasteiger partial charge in [0, 0.05) is 17.6 Å². The summed E-state index contributed by atoms with van der Waals surface area (Å²) >= 11 is 0. The molecule has 0 spiro atoms. The highest BCUT2D eigenvalue weighted by atomic mass is 16.5. The molecule has 0 amide bonds. The molecular weight excluding hydrogens is 238 g/mol. The fraction of sp³-hybridized carbons (Fsp3) is 0.500. The lowest BCUT2D eigenvalue weighted by Gasteiger charge is -2.21. The van der Waals surface area contributed by atoms with Gasteiger partial charge in [-0.25, -0.2) is 0 Å². The molecule has 0 saturated heterocycles.